The molecule has 0 amide bonds. The van der Waals surface area contributed by atoms with Crippen LogP contribution in [-0.4, -0.2) is 8.42 Å². The molecule has 0 unspecified atom stereocenters. The maximum atomic E-state index is 11.4. The lowest BCUT2D eigenvalue weighted by molar-refractivity contribution is 0.608. The van der Waals surface area contributed by atoms with Gasteiger partial charge in [0.25, 0.3) is 9.05 Å². The fourth-order valence-corrected chi connectivity index (χ4v) is 2.73. The molecular formula is C11H15ClO2S. The van der Waals surface area contributed by atoms with Crippen molar-refractivity contribution in [1.82, 2.24) is 0 Å². The van der Waals surface area contributed by atoms with Gasteiger partial charge in [-0.3, -0.25) is 0 Å². The van der Waals surface area contributed by atoms with Crippen molar-refractivity contribution in [3.63, 3.8) is 0 Å². The van der Waals surface area contributed by atoms with Crippen molar-refractivity contribution in [2.24, 2.45) is 0 Å². The summed E-state index contributed by atoms with van der Waals surface area (Å²) in [5.74, 6) is 0. The predicted octanol–water partition coefficient (Wildman–Crippen LogP) is 3.13. The molecule has 0 N–H and O–H groups in total. The first-order chi connectivity index (χ1) is 6.99. The highest BCUT2D eigenvalue weighted by Crippen LogP contribution is 2.23. The Labute approximate surface area is 95.7 Å². The van der Waals surface area contributed by atoms with E-state index in [0.717, 1.165) is 30.4 Å². The summed E-state index contributed by atoms with van der Waals surface area (Å²) < 4.78 is 22.7. The average molecular weight is 247 g/mol. The van der Waals surface area contributed by atoms with Gasteiger partial charge in [-0.15, -0.1) is 0 Å². The van der Waals surface area contributed by atoms with E-state index in [4.69, 9.17) is 10.7 Å². The first-order valence-electron chi connectivity index (χ1n) is 5.05. The minimum atomic E-state index is -3.62. The summed E-state index contributed by atoms with van der Waals surface area (Å²) in [5, 5.41) is 0. The van der Waals surface area contributed by atoms with Gasteiger partial charge in [-0.2, -0.15) is 0 Å². The van der Waals surface area contributed by atoms with Gasteiger partial charge < -0.3 is 0 Å². The third-order valence-electron chi connectivity index (χ3n) is 2.32. The number of aryl methyl sites for hydroxylation is 2. The minimum absolute atomic E-state index is 0.269. The fraction of sp³-hybridized carbons (Fsp3) is 0.455. The highest BCUT2D eigenvalue weighted by molar-refractivity contribution is 8.13. The Balaban J connectivity index is 3.29. The normalized spacial score (nSPS) is 11.7. The quantitative estimate of drug-likeness (QED) is 0.765. The lowest BCUT2D eigenvalue weighted by Gasteiger charge is -2.07. The third kappa shape index (κ3) is 3.21. The molecule has 0 aliphatic rings. The lowest BCUT2D eigenvalue weighted by atomic mass is 10.1. The van der Waals surface area contributed by atoms with E-state index < -0.39 is 9.05 Å². The van der Waals surface area contributed by atoms with Crippen molar-refractivity contribution in [2.45, 2.75) is 38.0 Å². The molecule has 0 aliphatic heterocycles. The van der Waals surface area contributed by atoms with Gasteiger partial charge in [-0.05, 0) is 30.0 Å². The molecule has 0 aromatic heterocycles. The average Bonchev–Trinajstić information content (AvgIpc) is 2.17. The summed E-state index contributed by atoms with van der Waals surface area (Å²) in [6.07, 6.45) is 2.46. The van der Waals surface area contributed by atoms with Gasteiger partial charge in [0.1, 0.15) is 0 Å². The number of hydrogen-bond donors (Lipinski definition) is 0. The Morgan fingerprint density at radius 3 is 2.40 bits per heavy atom. The maximum absolute atomic E-state index is 11.4. The molecule has 0 aliphatic carbocycles. The molecule has 15 heavy (non-hydrogen) atoms. The molecule has 0 bridgehead atoms. The van der Waals surface area contributed by atoms with Crippen LogP contribution >= 0.6 is 10.7 Å². The van der Waals surface area contributed by atoms with Gasteiger partial charge in [0.05, 0.1) is 4.90 Å². The molecule has 0 saturated carbocycles. The van der Waals surface area contributed by atoms with E-state index >= 15 is 0 Å². The molecule has 0 heterocycles. The van der Waals surface area contributed by atoms with Crippen molar-refractivity contribution in [3.05, 3.63) is 29.3 Å². The van der Waals surface area contributed by atoms with E-state index in [9.17, 15) is 8.42 Å². The largest absolute Gasteiger partial charge is 0.261 e. The maximum Gasteiger partial charge on any atom is 0.261 e. The molecule has 0 atom stereocenters. The number of halogens is 1. The van der Waals surface area contributed by atoms with Gasteiger partial charge in [0, 0.05) is 10.7 Å². The van der Waals surface area contributed by atoms with Crippen LogP contribution in [-0.2, 0) is 21.9 Å². The molecule has 0 fully saturated rings. The highest BCUT2D eigenvalue weighted by Gasteiger charge is 2.15. The first-order valence-corrected chi connectivity index (χ1v) is 7.36. The van der Waals surface area contributed by atoms with E-state index in [2.05, 4.69) is 0 Å². The predicted molar refractivity (Wildman–Crippen MR) is 62.9 cm³/mol. The highest BCUT2D eigenvalue weighted by atomic mass is 35.7. The van der Waals surface area contributed by atoms with Crippen LogP contribution in [0.15, 0.2) is 23.1 Å². The smallest absolute Gasteiger partial charge is 0.207 e. The Morgan fingerprint density at radius 1 is 1.27 bits per heavy atom. The number of benzene rings is 1. The van der Waals surface area contributed by atoms with Crippen LogP contribution in [0.4, 0.5) is 0 Å². The molecular weight excluding hydrogens is 232 g/mol. The fourth-order valence-electron chi connectivity index (χ4n) is 1.52. The van der Waals surface area contributed by atoms with Gasteiger partial charge in [0.2, 0.25) is 0 Å². The molecule has 1 aromatic rings. The van der Waals surface area contributed by atoms with Gasteiger partial charge in [-0.1, -0.05) is 32.4 Å². The first kappa shape index (κ1) is 12.5. The summed E-state index contributed by atoms with van der Waals surface area (Å²) in [5.41, 5.74) is 1.80. The third-order valence-corrected chi connectivity index (χ3v) is 3.73. The Hall–Kier alpha value is -0.540. The zero-order chi connectivity index (χ0) is 11.5. The lowest BCUT2D eigenvalue weighted by Crippen LogP contribution is -1.99. The summed E-state index contributed by atoms with van der Waals surface area (Å²) in [6, 6.07) is 5.49. The SMILES string of the molecule is CCCc1ccc(CC)cc1S(=O)(=O)Cl. The van der Waals surface area contributed by atoms with Crippen LogP contribution in [0.5, 0.6) is 0 Å². The summed E-state index contributed by atoms with van der Waals surface area (Å²) in [4.78, 5) is 0.269. The minimum Gasteiger partial charge on any atom is -0.207 e. The van der Waals surface area contributed by atoms with Crippen LogP contribution in [0, 0.1) is 0 Å². The van der Waals surface area contributed by atoms with Crippen LogP contribution in [0.3, 0.4) is 0 Å². The van der Waals surface area contributed by atoms with Crippen LogP contribution in [0.2, 0.25) is 0 Å². The zero-order valence-corrected chi connectivity index (χ0v) is 10.5. The molecule has 1 aromatic carbocycles. The van der Waals surface area contributed by atoms with E-state index in [1.165, 1.54) is 0 Å². The molecule has 0 radical (unpaired) electrons. The molecule has 0 saturated heterocycles. The van der Waals surface area contributed by atoms with Crippen LogP contribution in [0.25, 0.3) is 0 Å². The van der Waals surface area contributed by atoms with Crippen molar-refractivity contribution in [3.8, 4) is 0 Å². The molecule has 0 spiro atoms. The second-order valence-electron chi connectivity index (χ2n) is 3.48. The van der Waals surface area contributed by atoms with E-state index in [0.29, 0.717) is 0 Å². The molecule has 4 heteroatoms. The van der Waals surface area contributed by atoms with Gasteiger partial charge >= 0.3 is 0 Å². The monoisotopic (exact) mass is 246 g/mol. The standard InChI is InChI=1S/C11H15ClO2S/c1-3-5-10-7-6-9(4-2)8-11(10)15(12,13)14/h6-8H,3-5H2,1-2H3. The van der Waals surface area contributed by atoms with Gasteiger partial charge in [-0.25, -0.2) is 8.42 Å². The molecule has 84 valence electrons. The van der Waals surface area contributed by atoms with Crippen LogP contribution < -0.4 is 0 Å². The topological polar surface area (TPSA) is 34.1 Å². The van der Waals surface area contributed by atoms with E-state index in [1.54, 1.807) is 6.07 Å². The van der Waals surface area contributed by atoms with E-state index in [1.807, 2.05) is 26.0 Å². The van der Waals surface area contributed by atoms with E-state index in [-0.39, 0.29) is 4.90 Å². The zero-order valence-electron chi connectivity index (χ0n) is 8.96. The Kier molecular flexibility index (Phi) is 4.17. The summed E-state index contributed by atoms with van der Waals surface area (Å²) >= 11 is 0. The van der Waals surface area contributed by atoms with Crippen molar-refractivity contribution in [2.75, 3.05) is 0 Å². The van der Waals surface area contributed by atoms with Gasteiger partial charge in [0.15, 0.2) is 0 Å². The molecule has 2 nitrogen and oxygen atoms in total. The second-order valence-corrected chi connectivity index (χ2v) is 6.02. The summed E-state index contributed by atoms with van der Waals surface area (Å²) in [7, 11) is 1.78. The van der Waals surface area contributed by atoms with Crippen molar-refractivity contribution < 1.29 is 8.42 Å². The summed E-state index contributed by atoms with van der Waals surface area (Å²) in [6.45, 7) is 4.00. The molecule has 1 rings (SSSR count). The van der Waals surface area contributed by atoms with Crippen molar-refractivity contribution in [1.29, 1.82) is 0 Å². The number of rotatable bonds is 4. The Morgan fingerprint density at radius 2 is 1.93 bits per heavy atom. The van der Waals surface area contributed by atoms with Crippen molar-refractivity contribution >= 4 is 19.7 Å². The number of hydrogen-bond acceptors (Lipinski definition) is 2. The van der Waals surface area contributed by atoms with Crippen LogP contribution in [0.1, 0.15) is 31.4 Å². The second kappa shape index (κ2) is 4.99. The Bertz CT molecular complexity index is 438.